The highest BCUT2D eigenvalue weighted by Crippen LogP contribution is 2.46. The number of anilines is 1. The largest absolute Gasteiger partial charge is 0.400 e. The molecule has 2 aliphatic rings. The van der Waals surface area contributed by atoms with Crippen molar-refractivity contribution in [2.45, 2.75) is 93.9 Å². The van der Waals surface area contributed by atoms with Gasteiger partial charge in [0.2, 0.25) is 0 Å². The number of imidazole rings is 1. The Morgan fingerprint density at radius 1 is 0.846 bits per heavy atom. The van der Waals surface area contributed by atoms with Gasteiger partial charge >= 0.3 is 0 Å². The number of aliphatic hydroxyl groups is 1. The Bertz CT molecular complexity index is 413. The van der Waals surface area contributed by atoms with E-state index in [4.69, 9.17) is 17.3 Å². The molecule has 1 aromatic rings. The molecule has 1 spiro atoms. The van der Waals surface area contributed by atoms with Crippen molar-refractivity contribution in [3.05, 3.63) is 11.0 Å². The fourth-order valence-corrected chi connectivity index (χ4v) is 3.50. The number of nitrogens with one attached hydrogen (secondary N) is 2. The minimum atomic E-state index is 0.698. The van der Waals surface area contributed by atoms with Gasteiger partial charge in [0.25, 0.3) is 0 Å². The lowest BCUT2D eigenvalue weighted by molar-refractivity contribution is 0.226. The van der Waals surface area contributed by atoms with E-state index in [1.54, 1.807) is 0 Å². The minimum Gasteiger partial charge on any atom is -0.400 e. The van der Waals surface area contributed by atoms with Crippen LogP contribution in [0.3, 0.4) is 0 Å². The fourth-order valence-electron chi connectivity index (χ4n) is 3.34. The van der Waals surface area contributed by atoms with E-state index < -0.39 is 0 Å². The Labute approximate surface area is 168 Å². The van der Waals surface area contributed by atoms with E-state index in [-0.39, 0.29) is 0 Å². The van der Waals surface area contributed by atoms with Crippen molar-refractivity contribution in [3.8, 4) is 0 Å². The highest BCUT2D eigenvalue weighted by molar-refractivity contribution is 7.71. The topological polar surface area (TPSA) is 55.0 Å². The summed E-state index contributed by atoms with van der Waals surface area (Å²) in [7, 11) is 1.00. The summed E-state index contributed by atoms with van der Waals surface area (Å²) in [6.45, 7) is 18.4. The average molecular weight is 390 g/mol. The van der Waals surface area contributed by atoms with Gasteiger partial charge in [-0.05, 0) is 43.3 Å². The zero-order valence-corrected chi connectivity index (χ0v) is 19.9. The van der Waals surface area contributed by atoms with Crippen LogP contribution in [0.25, 0.3) is 0 Å². The molecule has 5 heteroatoms. The molecule has 1 aromatic heterocycles. The van der Waals surface area contributed by atoms with Crippen molar-refractivity contribution in [1.82, 2.24) is 9.97 Å². The maximum atomic E-state index is 7.00. The Morgan fingerprint density at radius 3 is 1.62 bits per heavy atom. The fraction of sp³-hybridized carbons (Fsp3) is 0.857. The van der Waals surface area contributed by atoms with Crippen molar-refractivity contribution >= 4 is 18.0 Å². The second-order valence-electron chi connectivity index (χ2n) is 5.32. The molecule has 158 valence electrons. The molecule has 0 radical (unpaired) electrons. The summed E-state index contributed by atoms with van der Waals surface area (Å²) in [4.78, 5) is 8.68. The Hall–Kier alpha value is -0.810. The molecule has 0 unspecified atom stereocenters. The number of hydrogen-bond acceptors (Lipinski definition) is 3. The number of H-pyrrole nitrogens is 2. The van der Waals surface area contributed by atoms with Crippen molar-refractivity contribution in [3.63, 3.8) is 0 Å². The predicted molar refractivity (Wildman–Crippen MR) is 122 cm³/mol. The zero-order chi connectivity index (χ0) is 21.0. The zero-order valence-electron chi connectivity index (χ0n) is 19.0. The minimum absolute atomic E-state index is 0.698. The van der Waals surface area contributed by atoms with Crippen molar-refractivity contribution < 1.29 is 5.11 Å². The van der Waals surface area contributed by atoms with Gasteiger partial charge in [-0.15, -0.1) is 0 Å². The molecule has 2 fully saturated rings. The normalized spacial score (nSPS) is 16.0. The number of hydrogen-bond donors (Lipinski definition) is 3. The first kappa shape index (κ1) is 29.9. The smallest absolute Gasteiger partial charge is 0.176 e. The molecule has 1 aliphatic heterocycles. The van der Waals surface area contributed by atoms with Crippen LogP contribution in [0, 0.1) is 10.2 Å². The summed E-state index contributed by atoms with van der Waals surface area (Å²) in [5.41, 5.74) is 0.698. The summed E-state index contributed by atoms with van der Waals surface area (Å²) in [5.74, 6) is 1.16. The molecular formula is C21H47N3OS. The van der Waals surface area contributed by atoms with Crippen LogP contribution in [-0.4, -0.2) is 35.3 Å². The van der Waals surface area contributed by atoms with E-state index in [1.807, 2.05) is 61.6 Å². The third kappa shape index (κ3) is 10.4. The van der Waals surface area contributed by atoms with Crippen LogP contribution in [0.15, 0.2) is 6.20 Å². The monoisotopic (exact) mass is 389 g/mol. The van der Waals surface area contributed by atoms with E-state index in [0.29, 0.717) is 5.41 Å². The molecule has 3 rings (SSSR count). The first-order chi connectivity index (χ1) is 12.8. The van der Waals surface area contributed by atoms with Crippen LogP contribution in [0.4, 0.5) is 5.82 Å². The van der Waals surface area contributed by atoms with Gasteiger partial charge < -0.3 is 20.0 Å². The van der Waals surface area contributed by atoms with Crippen LogP contribution >= 0.6 is 12.2 Å². The second-order valence-corrected chi connectivity index (χ2v) is 5.73. The third-order valence-electron chi connectivity index (χ3n) is 4.41. The maximum absolute atomic E-state index is 7.00. The second kappa shape index (κ2) is 20.5. The third-order valence-corrected chi connectivity index (χ3v) is 4.63. The molecule has 0 amide bonds. The molecule has 26 heavy (non-hydrogen) atoms. The summed E-state index contributed by atoms with van der Waals surface area (Å²) in [5, 5.41) is 7.00. The first-order valence-electron chi connectivity index (χ1n) is 10.7. The van der Waals surface area contributed by atoms with Gasteiger partial charge in [-0.2, -0.15) is 0 Å². The highest BCUT2D eigenvalue weighted by atomic mass is 32.1. The van der Waals surface area contributed by atoms with E-state index >= 15 is 0 Å². The molecular weight excluding hydrogens is 342 g/mol. The van der Waals surface area contributed by atoms with Crippen LogP contribution < -0.4 is 4.90 Å². The molecule has 1 saturated heterocycles. The van der Waals surface area contributed by atoms with Gasteiger partial charge in [-0.1, -0.05) is 68.2 Å². The molecule has 4 nitrogen and oxygen atoms in total. The number of aromatic nitrogens is 2. The molecule has 1 saturated carbocycles. The van der Waals surface area contributed by atoms with E-state index in [1.165, 1.54) is 51.6 Å². The predicted octanol–water partition coefficient (Wildman–Crippen LogP) is 6.95. The van der Waals surface area contributed by atoms with Gasteiger partial charge in [-0.3, -0.25) is 0 Å². The number of nitrogens with zero attached hydrogens (tertiary/aromatic N) is 1. The summed E-state index contributed by atoms with van der Waals surface area (Å²) in [6, 6.07) is 0. The van der Waals surface area contributed by atoms with E-state index in [0.717, 1.165) is 17.7 Å². The quantitative estimate of drug-likeness (QED) is 0.456. The first-order valence-corrected chi connectivity index (χ1v) is 11.2. The van der Waals surface area contributed by atoms with Gasteiger partial charge in [-0.25, -0.2) is 0 Å². The highest BCUT2D eigenvalue weighted by Gasteiger charge is 2.37. The number of aromatic amines is 2. The van der Waals surface area contributed by atoms with Crippen LogP contribution in [0.2, 0.25) is 0 Å². The van der Waals surface area contributed by atoms with Gasteiger partial charge in [0, 0.05) is 26.4 Å². The molecule has 0 atom stereocenters. The van der Waals surface area contributed by atoms with Gasteiger partial charge in [0.1, 0.15) is 5.82 Å². The summed E-state index contributed by atoms with van der Waals surface area (Å²) < 4.78 is 0.733. The van der Waals surface area contributed by atoms with Gasteiger partial charge in [0.05, 0.1) is 0 Å². The summed E-state index contributed by atoms with van der Waals surface area (Å²) >= 11 is 5.07. The summed E-state index contributed by atoms with van der Waals surface area (Å²) in [6.07, 6.45) is 10.5. The molecule has 2 heterocycles. The number of piperidine rings is 1. The molecule has 0 aromatic carbocycles. The Morgan fingerprint density at radius 2 is 1.27 bits per heavy atom. The van der Waals surface area contributed by atoms with Crippen molar-refractivity contribution in [2.24, 2.45) is 5.41 Å². The molecule has 3 N–H and O–H groups in total. The van der Waals surface area contributed by atoms with Crippen molar-refractivity contribution in [2.75, 3.05) is 25.1 Å². The van der Waals surface area contributed by atoms with Gasteiger partial charge in [0.15, 0.2) is 4.77 Å². The van der Waals surface area contributed by atoms with E-state index in [2.05, 4.69) is 14.9 Å². The average Bonchev–Trinajstić information content (AvgIpc) is 3.40. The lowest BCUT2D eigenvalue weighted by Crippen LogP contribution is -2.39. The molecule has 0 bridgehead atoms. The van der Waals surface area contributed by atoms with Crippen LogP contribution in [0.1, 0.15) is 93.9 Å². The Kier molecular flexibility index (Phi) is 23.6. The SMILES string of the molecule is CC.CC.CC.CC.CO.S=c1[nH]cc(N2CCC3(CCCC3)CC2)[nH]1. The lowest BCUT2D eigenvalue weighted by Gasteiger charge is -2.39. The number of rotatable bonds is 1. The standard InChI is InChI=1S/C12H19N3S.4C2H6.CH4O/c16-11-13-9-10(14-11)15-7-5-12(6-8-15)3-1-2-4-12;5*1-2/h9H,1-8H2,(H2,13,14,16);4*1-2H3;2H,1H3. The molecule has 1 aliphatic carbocycles. The van der Waals surface area contributed by atoms with Crippen LogP contribution in [0.5, 0.6) is 0 Å². The van der Waals surface area contributed by atoms with Crippen molar-refractivity contribution in [1.29, 1.82) is 0 Å². The maximum Gasteiger partial charge on any atom is 0.176 e. The Balaban J connectivity index is -0.000000462. The van der Waals surface area contributed by atoms with E-state index in [9.17, 15) is 0 Å². The number of aliphatic hydroxyl groups excluding tert-OH is 1. The van der Waals surface area contributed by atoms with Crippen LogP contribution in [-0.2, 0) is 0 Å². The lowest BCUT2D eigenvalue weighted by atomic mass is 9.77.